The standard InChI is InChI=1S/C26H40N4O8S/c1-20-17-22(3-4-23(20)25(32)30-26-29-18-21(2)39-26)38-19-24(31)28-6-8-34-10-12-36-14-16-37-15-13-35-11-9-33-7-5-27/h3-4,17-18H,5-16,19,27H2,1-2H3,(H,28,31)(H,29,30,32). The Labute approximate surface area is 233 Å². The van der Waals surface area contributed by atoms with Crippen LogP contribution in [0, 0.1) is 13.8 Å². The van der Waals surface area contributed by atoms with Crippen molar-refractivity contribution in [3.63, 3.8) is 0 Å². The maximum absolute atomic E-state index is 12.5. The van der Waals surface area contributed by atoms with Crippen LogP contribution in [0.5, 0.6) is 5.75 Å². The SMILES string of the molecule is Cc1cnc(NC(=O)c2ccc(OCC(=O)NCCOCCOCCOCCOCCOCCN)cc2C)s1. The van der Waals surface area contributed by atoms with E-state index in [-0.39, 0.29) is 18.4 Å². The highest BCUT2D eigenvalue weighted by Gasteiger charge is 2.12. The molecule has 2 amide bonds. The number of nitrogens with zero attached hydrogens (tertiary/aromatic N) is 1. The quantitative estimate of drug-likeness (QED) is 0.178. The molecule has 1 aromatic carbocycles. The van der Waals surface area contributed by atoms with Gasteiger partial charge in [0.2, 0.25) is 0 Å². The Morgan fingerprint density at radius 1 is 0.872 bits per heavy atom. The van der Waals surface area contributed by atoms with Gasteiger partial charge in [-0.3, -0.25) is 14.9 Å². The molecule has 0 aliphatic rings. The monoisotopic (exact) mass is 568 g/mol. The van der Waals surface area contributed by atoms with Crippen LogP contribution in [-0.4, -0.2) is 103 Å². The Morgan fingerprint density at radius 2 is 1.46 bits per heavy atom. The molecule has 0 aliphatic carbocycles. The highest BCUT2D eigenvalue weighted by molar-refractivity contribution is 7.15. The molecule has 4 N–H and O–H groups in total. The molecule has 0 spiro atoms. The number of aromatic nitrogens is 1. The maximum atomic E-state index is 12.5. The number of hydrogen-bond donors (Lipinski definition) is 3. The smallest absolute Gasteiger partial charge is 0.258 e. The Kier molecular flexibility index (Phi) is 16.9. The summed E-state index contributed by atoms with van der Waals surface area (Å²) in [5.41, 5.74) is 6.57. The number of amides is 2. The normalized spacial score (nSPS) is 10.9. The number of rotatable bonds is 22. The van der Waals surface area contributed by atoms with E-state index in [9.17, 15) is 9.59 Å². The van der Waals surface area contributed by atoms with Gasteiger partial charge in [0.05, 0.1) is 66.1 Å². The summed E-state index contributed by atoms with van der Waals surface area (Å²) in [7, 11) is 0. The van der Waals surface area contributed by atoms with Crippen LogP contribution in [0.15, 0.2) is 24.4 Å². The molecule has 0 saturated carbocycles. The van der Waals surface area contributed by atoms with E-state index < -0.39 is 0 Å². The van der Waals surface area contributed by atoms with Crippen molar-refractivity contribution in [3.8, 4) is 5.75 Å². The van der Waals surface area contributed by atoms with Gasteiger partial charge in [0.1, 0.15) is 5.75 Å². The molecule has 0 bridgehead atoms. The zero-order valence-corrected chi connectivity index (χ0v) is 23.5. The number of hydrogen-bond acceptors (Lipinski definition) is 11. The number of nitrogens with one attached hydrogen (secondary N) is 2. The van der Waals surface area contributed by atoms with Crippen LogP contribution in [0.2, 0.25) is 0 Å². The molecule has 1 heterocycles. The number of nitrogens with two attached hydrogens (primary N) is 1. The fourth-order valence-electron chi connectivity index (χ4n) is 3.09. The second-order valence-corrected chi connectivity index (χ2v) is 9.43. The molecule has 13 heteroatoms. The molecule has 218 valence electrons. The average Bonchev–Trinajstić information content (AvgIpc) is 3.33. The predicted octanol–water partition coefficient (Wildman–Crippen LogP) is 1.55. The topological polar surface area (TPSA) is 152 Å². The van der Waals surface area contributed by atoms with Crippen LogP contribution in [0.25, 0.3) is 0 Å². The first-order valence-electron chi connectivity index (χ1n) is 12.8. The summed E-state index contributed by atoms with van der Waals surface area (Å²) < 4.78 is 32.4. The van der Waals surface area contributed by atoms with Crippen LogP contribution in [0.1, 0.15) is 20.8 Å². The molecule has 0 fully saturated rings. The minimum atomic E-state index is -0.266. The molecule has 0 aliphatic heterocycles. The second kappa shape index (κ2) is 20.3. The lowest BCUT2D eigenvalue weighted by Gasteiger charge is -2.11. The summed E-state index contributed by atoms with van der Waals surface area (Å²) in [6.07, 6.45) is 1.71. The fraction of sp³-hybridized carbons (Fsp3) is 0.577. The molecule has 2 aromatic rings. The van der Waals surface area contributed by atoms with Crippen molar-refractivity contribution in [2.24, 2.45) is 5.73 Å². The molecule has 0 radical (unpaired) electrons. The minimum absolute atomic E-state index is 0.139. The van der Waals surface area contributed by atoms with Crippen LogP contribution in [-0.2, 0) is 28.5 Å². The maximum Gasteiger partial charge on any atom is 0.258 e. The lowest BCUT2D eigenvalue weighted by molar-refractivity contribution is -0.123. The van der Waals surface area contributed by atoms with E-state index >= 15 is 0 Å². The van der Waals surface area contributed by atoms with E-state index in [0.29, 0.717) is 95.6 Å². The van der Waals surface area contributed by atoms with Crippen molar-refractivity contribution < 1.29 is 38.0 Å². The molecule has 0 atom stereocenters. The molecule has 0 unspecified atom stereocenters. The van der Waals surface area contributed by atoms with Gasteiger partial charge in [0.25, 0.3) is 11.8 Å². The van der Waals surface area contributed by atoms with E-state index in [1.54, 1.807) is 24.4 Å². The number of aryl methyl sites for hydroxylation is 2. The van der Waals surface area contributed by atoms with Crippen molar-refractivity contribution in [2.75, 3.05) is 91.1 Å². The average molecular weight is 569 g/mol. The summed E-state index contributed by atoms with van der Waals surface area (Å²) >= 11 is 1.41. The van der Waals surface area contributed by atoms with Gasteiger partial charge in [-0.05, 0) is 37.6 Å². The summed E-state index contributed by atoms with van der Waals surface area (Å²) in [5.74, 6) is -0.00753. The van der Waals surface area contributed by atoms with Crippen LogP contribution < -0.4 is 21.1 Å². The van der Waals surface area contributed by atoms with E-state index in [1.807, 2.05) is 13.8 Å². The van der Waals surface area contributed by atoms with Gasteiger partial charge >= 0.3 is 0 Å². The predicted molar refractivity (Wildman–Crippen MR) is 148 cm³/mol. The Bertz CT molecular complexity index is 975. The van der Waals surface area contributed by atoms with Gasteiger partial charge in [-0.15, -0.1) is 11.3 Å². The number of ether oxygens (including phenoxy) is 6. The number of carbonyl (C=O) groups is 2. The molecular formula is C26H40N4O8S. The third kappa shape index (κ3) is 14.9. The van der Waals surface area contributed by atoms with E-state index in [4.69, 9.17) is 34.2 Å². The van der Waals surface area contributed by atoms with Crippen molar-refractivity contribution in [3.05, 3.63) is 40.4 Å². The first-order valence-corrected chi connectivity index (χ1v) is 13.6. The Morgan fingerprint density at radius 3 is 2.00 bits per heavy atom. The van der Waals surface area contributed by atoms with Gasteiger partial charge in [0, 0.05) is 29.7 Å². The summed E-state index contributed by atoms with van der Waals surface area (Å²) in [5, 5.41) is 6.06. The van der Waals surface area contributed by atoms with Crippen molar-refractivity contribution in [1.29, 1.82) is 0 Å². The third-order valence-electron chi connectivity index (χ3n) is 4.97. The van der Waals surface area contributed by atoms with Gasteiger partial charge in [-0.2, -0.15) is 0 Å². The Hall–Kier alpha value is -2.65. The molecule has 0 saturated heterocycles. The van der Waals surface area contributed by atoms with Gasteiger partial charge in [-0.25, -0.2) is 4.98 Å². The molecule has 39 heavy (non-hydrogen) atoms. The number of anilines is 1. The zero-order chi connectivity index (χ0) is 28.1. The lowest BCUT2D eigenvalue weighted by Crippen LogP contribution is -2.32. The zero-order valence-electron chi connectivity index (χ0n) is 22.7. The van der Waals surface area contributed by atoms with E-state index in [2.05, 4.69) is 15.6 Å². The summed E-state index contributed by atoms with van der Waals surface area (Å²) in [4.78, 5) is 29.6. The summed E-state index contributed by atoms with van der Waals surface area (Å²) in [6.45, 7) is 9.21. The van der Waals surface area contributed by atoms with Crippen molar-refractivity contribution in [2.45, 2.75) is 13.8 Å². The van der Waals surface area contributed by atoms with E-state index in [0.717, 1.165) is 10.4 Å². The molecule has 12 nitrogen and oxygen atoms in total. The first kappa shape index (κ1) is 32.6. The van der Waals surface area contributed by atoms with E-state index in [1.165, 1.54) is 11.3 Å². The fourth-order valence-corrected chi connectivity index (χ4v) is 3.74. The van der Waals surface area contributed by atoms with Crippen molar-refractivity contribution >= 4 is 28.3 Å². The van der Waals surface area contributed by atoms with Gasteiger partial charge < -0.3 is 39.5 Å². The van der Waals surface area contributed by atoms with Crippen LogP contribution in [0.4, 0.5) is 5.13 Å². The van der Waals surface area contributed by atoms with Crippen LogP contribution in [0.3, 0.4) is 0 Å². The lowest BCUT2D eigenvalue weighted by atomic mass is 10.1. The Balaban J connectivity index is 1.43. The highest BCUT2D eigenvalue weighted by Crippen LogP contribution is 2.21. The van der Waals surface area contributed by atoms with Crippen LogP contribution >= 0.6 is 11.3 Å². The largest absolute Gasteiger partial charge is 0.484 e. The highest BCUT2D eigenvalue weighted by atomic mass is 32.1. The third-order valence-corrected chi connectivity index (χ3v) is 5.80. The number of carbonyl (C=O) groups excluding carboxylic acids is 2. The van der Waals surface area contributed by atoms with Crippen molar-refractivity contribution in [1.82, 2.24) is 10.3 Å². The molecular weight excluding hydrogens is 528 g/mol. The van der Waals surface area contributed by atoms with Gasteiger partial charge in [-0.1, -0.05) is 0 Å². The number of benzene rings is 1. The molecule has 1 aromatic heterocycles. The number of thiazole rings is 1. The second-order valence-electron chi connectivity index (χ2n) is 8.20. The first-order chi connectivity index (χ1) is 19.0. The minimum Gasteiger partial charge on any atom is -0.484 e. The summed E-state index contributed by atoms with van der Waals surface area (Å²) in [6, 6.07) is 5.04. The van der Waals surface area contributed by atoms with Gasteiger partial charge in [0.15, 0.2) is 11.7 Å². The molecule has 2 rings (SSSR count).